The Bertz CT molecular complexity index is 510. The lowest BCUT2D eigenvalue weighted by Gasteiger charge is -2.01. The first kappa shape index (κ1) is 12.8. The number of aryl methyl sites for hydroxylation is 1. The Kier molecular flexibility index (Phi) is 4.11. The Hall–Kier alpha value is -1.31. The maximum atomic E-state index is 11.0. The van der Waals surface area contributed by atoms with Gasteiger partial charge < -0.3 is 28.7 Å². The highest BCUT2D eigenvalue weighted by molar-refractivity contribution is 5.84. The van der Waals surface area contributed by atoms with Gasteiger partial charge in [-0.3, -0.25) is 5.32 Å². The third-order valence-electron chi connectivity index (χ3n) is 2.20. The van der Waals surface area contributed by atoms with E-state index in [9.17, 15) is 4.79 Å². The number of halogens is 1. The van der Waals surface area contributed by atoms with Gasteiger partial charge in [-0.25, -0.2) is 13.8 Å². The number of anilines is 1. The zero-order valence-corrected chi connectivity index (χ0v) is 11.1. The zero-order chi connectivity index (χ0) is 10.8. The number of nitrogens with one attached hydrogen (secondary N) is 1. The molecule has 0 aliphatic rings. The highest BCUT2D eigenvalue weighted by Gasteiger charge is 2.07. The second kappa shape index (κ2) is 5.15. The van der Waals surface area contributed by atoms with Crippen LogP contribution in [0, 0.1) is 0 Å². The molecule has 0 aromatic carbocycles. The number of carbonyl (C=O) groups excluding carboxylic acids is 1. The maximum Gasteiger partial charge on any atom is 0.411 e. The van der Waals surface area contributed by atoms with Gasteiger partial charge in [0.2, 0.25) is 0 Å². The summed E-state index contributed by atoms with van der Waals surface area (Å²) in [5.41, 5.74) is 1.75. The van der Waals surface area contributed by atoms with Crippen molar-refractivity contribution in [2.24, 2.45) is 7.05 Å². The molecule has 16 heavy (non-hydrogen) atoms. The Balaban J connectivity index is 0.00000128. The van der Waals surface area contributed by atoms with Gasteiger partial charge >= 0.3 is 6.09 Å². The van der Waals surface area contributed by atoms with Gasteiger partial charge in [0.15, 0.2) is 0 Å². The highest BCUT2D eigenvalue weighted by Crippen LogP contribution is 2.08. The standard InChI is InChI=1S/C10H11N3O2.HI/c1-12-5-6-13-7-8(3-4-9(12)13)11-10(14)15-2;/h3-7H,1-2H3;1H. The Labute approximate surface area is 110 Å². The number of nitrogens with zero attached hydrogens (tertiary/aromatic N) is 2. The quantitative estimate of drug-likeness (QED) is 0.482. The van der Waals surface area contributed by atoms with Crippen molar-refractivity contribution in [3.8, 4) is 0 Å². The van der Waals surface area contributed by atoms with Gasteiger partial charge in [0.25, 0.3) is 5.65 Å². The van der Waals surface area contributed by atoms with Crippen LogP contribution >= 0.6 is 0 Å². The van der Waals surface area contributed by atoms with E-state index in [0.717, 1.165) is 5.65 Å². The topological polar surface area (TPSA) is 46.6 Å². The number of hydrogen-bond donors (Lipinski definition) is 1. The van der Waals surface area contributed by atoms with Crippen LogP contribution in [0.25, 0.3) is 5.65 Å². The molecule has 0 saturated carbocycles. The molecule has 0 spiro atoms. The van der Waals surface area contributed by atoms with Crippen molar-refractivity contribution in [1.29, 1.82) is 0 Å². The van der Waals surface area contributed by atoms with Crippen molar-refractivity contribution >= 4 is 17.4 Å². The monoisotopic (exact) mass is 333 g/mol. The molecular formula is C10H12IN3O2. The highest BCUT2D eigenvalue weighted by atomic mass is 127. The van der Waals surface area contributed by atoms with Crippen molar-refractivity contribution in [2.75, 3.05) is 12.4 Å². The molecule has 2 aromatic rings. The summed E-state index contributed by atoms with van der Waals surface area (Å²) >= 11 is 0. The van der Waals surface area contributed by atoms with E-state index in [1.807, 2.05) is 46.7 Å². The molecule has 0 atom stereocenters. The van der Waals surface area contributed by atoms with E-state index in [0.29, 0.717) is 5.69 Å². The van der Waals surface area contributed by atoms with Crippen LogP contribution in [0.15, 0.2) is 30.7 Å². The molecule has 1 amide bonds. The molecule has 0 saturated heterocycles. The molecule has 2 aromatic heterocycles. The van der Waals surface area contributed by atoms with Crippen molar-refractivity contribution in [3.05, 3.63) is 30.7 Å². The van der Waals surface area contributed by atoms with E-state index in [1.165, 1.54) is 7.11 Å². The molecule has 1 N–H and O–H groups in total. The lowest BCUT2D eigenvalue weighted by atomic mass is 10.4. The zero-order valence-electron chi connectivity index (χ0n) is 8.98. The predicted molar refractivity (Wildman–Crippen MR) is 54.6 cm³/mol. The summed E-state index contributed by atoms with van der Waals surface area (Å²) in [5.74, 6) is 0. The largest absolute Gasteiger partial charge is 1.00 e. The molecular weight excluding hydrogens is 321 g/mol. The fraction of sp³-hybridized carbons (Fsp3) is 0.200. The first-order chi connectivity index (χ1) is 7.20. The molecule has 0 aliphatic heterocycles. The smallest absolute Gasteiger partial charge is 0.411 e. The van der Waals surface area contributed by atoms with Crippen molar-refractivity contribution in [1.82, 2.24) is 4.40 Å². The van der Waals surface area contributed by atoms with Crippen LogP contribution in [-0.4, -0.2) is 17.6 Å². The minimum Gasteiger partial charge on any atom is -1.00 e. The van der Waals surface area contributed by atoms with Crippen LogP contribution in [-0.2, 0) is 11.8 Å². The van der Waals surface area contributed by atoms with Gasteiger partial charge in [-0.1, -0.05) is 0 Å². The summed E-state index contributed by atoms with van der Waals surface area (Å²) in [5, 5.41) is 2.60. The van der Waals surface area contributed by atoms with Crippen LogP contribution in [0.5, 0.6) is 0 Å². The van der Waals surface area contributed by atoms with Crippen LogP contribution in [0.3, 0.4) is 0 Å². The summed E-state index contributed by atoms with van der Waals surface area (Å²) in [4.78, 5) is 11.0. The molecule has 0 unspecified atom stereocenters. The number of ether oxygens (including phenoxy) is 1. The third-order valence-corrected chi connectivity index (χ3v) is 2.20. The predicted octanol–water partition coefficient (Wildman–Crippen LogP) is -2.05. The van der Waals surface area contributed by atoms with Gasteiger partial charge in [0.1, 0.15) is 18.6 Å². The summed E-state index contributed by atoms with van der Waals surface area (Å²) in [6, 6.07) is 3.75. The number of fused-ring (bicyclic) bond motifs is 1. The van der Waals surface area contributed by atoms with Crippen molar-refractivity contribution in [3.63, 3.8) is 0 Å². The average molecular weight is 333 g/mol. The molecule has 0 bridgehead atoms. The van der Waals surface area contributed by atoms with Crippen LogP contribution in [0.2, 0.25) is 0 Å². The van der Waals surface area contributed by atoms with E-state index < -0.39 is 6.09 Å². The van der Waals surface area contributed by atoms with Crippen LogP contribution < -0.4 is 33.9 Å². The second-order valence-corrected chi connectivity index (χ2v) is 3.21. The first-order valence-electron chi connectivity index (χ1n) is 4.52. The summed E-state index contributed by atoms with van der Waals surface area (Å²) in [6.45, 7) is 0. The van der Waals surface area contributed by atoms with Crippen molar-refractivity contribution < 1.29 is 38.1 Å². The molecule has 0 radical (unpaired) electrons. The summed E-state index contributed by atoms with van der Waals surface area (Å²) in [6.07, 6.45) is 5.22. The molecule has 0 fully saturated rings. The number of hydrogen-bond acceptors (Lipinski definition) is 2. The number of imidazole rings is 1. The van der Waals surface area contributed by atoms with Crippen LogP contribution in [0.1, 0.15) is 0 Å². The lowest BCUT2D eigenvalue weighted by Crippen LogP contribution is -3.00. The first-order valence-corrected chi connectivity index (χ1v) is 4.52. The summed E-state index contributed by atoms with van der Waals surface area (Å²) in [7, 11) is 3.30. The van der Waals surface area contributed by atoms with Gasteiger partial charge in [-0.05, 0) is 6.07 Å². The van der Waals surface area contributed by atoms with Crippen LogP contribution in [0.4, 0.5) is 10.5 Å². The third kappa shape index (κ3) is 2.43. The Morgan fingerprint density at radius 1 is 1.50 bits per heavy atom. The van der Waals surface area contributed by atoms with Gasteiger partial charge in [0.05, 0.1) is 19.8 Å². The molecule has 2 heterocycles. The minimum absolute atomic E-state index is 0. The minimum atomic E-state index is -0.467. The van der Waals surface area contributed by atoms with E-state index >= 15 is 0 Å². The van der Waals surface area contributed by atoms with Crippen molar-refractivity contribution in [2.45, 2.75) is 0 Å². The van der Waals surface area contributed by atoms with Gasteiger partial charge in [-0.2, -0.15) is 0 Å². The fourth-order valence-electron chi connectivity index (χ4n) is 1.42. The molecule has 2 rings (SSSR count). The van der Waals surface area contributed by atoms with E-state index in [1.54, 1.807) is 0 Å². The summed E-state index contributed by atoms with van der Waals surface area (Å²) < 4.78 is 8.42. The fourth-order valence-corrected chi connectivity index (χ4v) is 1.42. The normalized spacial score (nSPS) is 9.62. The van der Waals surface area contributed by atoms with E-state index in [-0.39, 0.29) is 24.0 Å². The maximum absolute atomic E-state index is 11.0. The molecule has 5 nitrogen and oxygen atoms in total. The number of methoxy groups -OCH3 is 1. The number of rotatable bonds is 1. The number of amides is 1. The number of pyridine rings is 1. The van der Waals surface area contributed by atoms with E-state index in [4.69, 9.17) is 0 Å². The Morgan fingerprint density at radius 3 is 2.94 bits per heavy atom. The molecule has 6 heteroatoms. The lowest BCUT2D eigenvalue weighted by molar-refractivity contribution is -0.644. The molecule has 0 aliphatic carbocycles. The molecule has 86 valence electrons. The van der Waals surface area contributed by atoms with E-state index in [2.05, 4.69) is 10.1 Å². The number of aromatic nitrogens is 2. The average Bonchev–Trinajstić information content (AvgIpc) is 2.60. The Morgan fingerprint density at radius 2 is 2.25 bits per heavy atom. The number of carbonyl (C=O) groups is 1. The van der Waals surface area contributed by atoms with Gasteiger partial charge in [-0.15, -0.1) is 0 Å². The second-order valence-electron chi connectivity index (χ2n) is 3.21. The van der Waals surface area contributed by atoms with Gasteiger partial charge in [0, 0.05) is 6.07 Å². The SMILES string of the molecule is COC(=O)Nc1ccc2n(cc[n+]2C)c1.[I-].